The second-order valence-electron chi connectivity index (χ2n) is 5.35. The van der Waals surface area contributed by atoms with E-state index in [0.717, 1.165) is 18.2 Å². The summed E-state index contributed by atoms with van der Waals surface area (Å²) in [6, 6.07) is 5.45. The largest absolute Gasteiger partial charge is 0.463 e. The number of esters is 1. The Morgan fingerprint density at radius 3 is 2.44 bits per heavy atom. The van der Waals surface area contributed by atoms with E-state index in [9.17, 15) is 27.2 Å². The highest BCUT2D eigenvalue weighted by atomic mass is 19.4. The number of carbonyl (C=O) groups excluding carboxylic acids is 2. The van der Waals surface area contributed by atoms with Crippen LogP contribution in [-0.2, 0) is 9.53 Å². The normalized spacial score (nSPS) is 13.6. The summed E-state index contributed by atoms with van der Waals surface area (Å²) in [4.78, 5) is 24.5. The van der Waals surface area contributed by atoms with Gasteiger partial charge in [-0.3, -0.25) is 4.79 Å². The van der Waals surface area contributed by atoms with Crippen molar-refractivity contribution in [1.82, 2.24) is 10.5 Å². The Kier molecular flexibility index (Phi) is 5.72. The van der Waals surface area contributed by atoms with E-state index < -0.39 is 47.5 Å². The van der Waals surface area contributed by atoms with Crippen LogP contribution in [0.5, 0.6) is 0 Å². The maximum Gasteiger partial charge on any atom is 0.441 e. The Hall–Kier alpha value is -3.11. The van der Waals surface area contributed by atoms with Gasteiger partial charge in [0, 0.05) is 6.07 Å². The molecule has 1 amide bonds. The van der Waals surface area contributed by atoms with Crippen LogP contribution in [0.15, 0.2) is 34.9 Å². The maximum atomic E-state index is 13.9. The lowest BCUT2D eigenvalue weighted by Gasteiger charge is -2.34. The SMILES string of the molecule is CCOC(=O)[C@](NC(=O)c1ccccc1F)(Nc1cc(C)on1)C(F)(F)F. The molecule has 0 aliphatic carbocycles. The van der Waals surface area contributed by atoms with Crippen molar-refractivity contribution in [2.45, 2.75) is 25.7 Å². The van der Waals surface area contributed by atoms with Gasteiger partial charge in [0.05, 0.1) is 12.2 Å². The highest BCUT2D eigenvalue weighted by molar-refractivity contribution is 5.99. The van der Waals surface area contributed by atoms with Crippen LogP contribution >= 0.6 is 0 Å². The van der Waals surface area contributed by atoms with Gasteiger partial charge in [0.25, 0.3) is 5.91 Å². The highest BCUT2D eigenvalue weighted by Crippen LogP contribution is 2.33. The fourth-order valence-corrected chi connectivity index (χ4v) is 2.13. The van der Waals surface area contributed by atoms with E-state index >= 15 is 0 Å². The number of aromatic nitrogens is 1. The van der Waals surface area contributed by atoms with Crippen LogP contribution in [0.2, 0.25) is 0 Å². The Labute approximate surface area is 150 Å². The van der Waals surface area contributed by atoms with Crippen molar-refractivity contribution in [3.63, 3.8) is 0 Å². The number of carbonyl (C=O) groups is 2. The Bertz CT molecular complexity index is 837. The van der Waals surface area contributed by atoms with Crippen LogP contribution in [0.25, 0.3) is 0 Å². The van der Waals surface area contributed by atoms with E-state index in [1.807, 2.05) is 0 Å². The number of ether oxygens (including phenoxy) is 1. The molecule has 146 valence electrons. The van der Waals surface area contributed by atoms with E-state index in [4.69, 9.17) is 0 Å². The van der Waals surface area contributed by atoms with Crippen molar-refractivity contribution in [3.05, 3.63) is 47.5 Å². The Balaban J connectivity index is 2.50. The number of nitrogens with zero attached hydrogens (tertiary/aromatic N) is 1. The third-order valence-electron chi connectivity index (χ3n) is 3.37. The standard InChI is InChI=1S/C16H15F4N3O4/c1-3-26-14(25)15(16(18,19)20,21-12-8-9(2)27-23-12)22-13(24)10-6-4-5-7-11(10)17/h4-8H,3H2,1-2H3,(H,21,23)(H,22,24)/t15-/m1/s1. The molecule has 1 aromatic heterocycles. The third-order valence-corrected chi connectivity index (χ3v) is 3.37. The minimum absolute atomic E-state index is 0.151. The van der Waals surface area contributed by atoms with Gasteiger partial charge in [0.1, 0.15) is 11.6 Å². The van der Waals surface area contributed by atoms with E-state index in [1.54, 1.807) is 5.32 Å². The van der Waals surface area contributed by atoms with Gasteiger partial charge in [-0.15, -0.1) is 0 Å². The molecule has 0 aliphatic heterocycles. The molecule has 7 nitrogen and oxygen atoms in total. The molecule has 1 atom stereocenters. The number of aryl methyl sites for hydroxylation is 1. The van der Waals surface area contributed by atoms with Crippen molar-refractivity contribution in [3.8, 4) is 0 Å². The molecule has 0 bridgehead atoms. The lowest BCUT2D eigenvalue weighted by molar-refractivity contribution is -0.204. The molecule has 0 aliphatic rings. The van der Waals surface area contributed by atoms with Crippen molar-refractivity contribution in [2.75, 3.05) is 11.9 Å². The smallest absolute Gasteiger partial charge is 0.441 e. The first-order valence-corrected chi connectivity index (χ1v) is 7.63. The lowest BCUT2D eigenvalue weighted by atomic mass is 10.1. The number of nitrogens with one attached hydrogen (secondary N) is 2. The van der Waals surface area contributed by atoms with Gasteiger partial charge in [-0.05, 0) is 26.0 Å². The number of hydrogen-bond donors (Lipinski definition) is 2. The second-order valence-corrected chi connectivity index (χ2v) is 5.35. The van der Waals surface area contributed by atoms with Crippen LogP contribution < -0.4 is 10.6 Å². The van der Waals surface area contributed by atoms with Crippen LogP contribution in [0, 0.1) is 12.7 Å². The average molecular weight is 389 g/mol. The predicted octanol–water partition coefficient (Wildman–Crippen LogP) is 2.79. The molecule has 2 N–H and O–H groups in total. The van der Waals surface area contributed by atoms with Gasteiger partial charge in [0.2, 0.25) is 0 Å². The summed E-state index contributed by atoms with van der Waals surface area (Å²) in [5.41, 5.74) is -4.40. The first-order chi connectivity index (χ1) is 12.6. The van der Waals surface area contributed by atoms with Crippen LogP contribution in [-0.4, -0.2) is 35.5 Å². The molecule has 0 radical (unpaired) electrons. The first kappa shape index (κ1) is 20.2. The molecule has 0 fully saturated rings. The monoisotopic (exact) mass is 389 g/mol. The van der Waals surface area contributed by atoms with E-state index in [-0.39, 0.29) is 5.76 Å². The molecule has 2 aromatic rings. The summed E-state index contributed by atoms with van der Waals surface area (Å²) in [5.74, 6) is -4.72. The number of rotatable bonds is 6. The molecule has 0 saturated carbocycles. The number of hydrogen-bond acceptors (Lipinski definition) is 6. The fourth-order valence-electron chi connectivity index (χ4n) is 2.13. The van der Waals surface area contributed by atoms with Crippen molar-refractivity contribution in [2.24, 2.45) is 0 Å². The lowest BCUT2D eigenvalue weighted by Crippen LogP contribution is -2.69. The molecule has 0 spiro atoms. The van der Waals surface area contributed by atoms with E-state index in [2.05, 4.69) is 14.4 Å². The number of alkyl halides is 3. The highest BCUT2D eigenvalue weighted by Gasteiger charge is 2.64. The van der Waals surface area contributed by atoms with Gasteiger partial charge >= 0.3 is 17.8 Å². The molecular formula is C16H15F4N3O4. The fraction of sp³-hybridized carbons (Fsp3) is 0.312. The molecule has 0 unspecified atom stereocenters. The number of benzene rings is 1. The van der Waals surface area contributed by atoms with Crippen molar-refractivity contribution in [1.29, 1.82) is 0 Å². The van der Waals surface area contributed by atoms with Crippen molar-refractivity contribution < 1.29 is 36.4 Å². The minimum atomic E-state index is -5.37. The molecule has 1 heterocycles. The zero-order valence-corrected chi connectivity index (χ0v) is 14.2. The zero-order valence-electron chi connectivity index (χ0n) is 14.2. The summed E-state index contributed by atoms with van der Waals surface area (Å²) in [7, 11) is 0. The van der Waals surface area contributed by atoms with Gasteiger partial charge in [-0.1, -0.05) is 17.3 Å². The summed E-state index contributed by atoms with van der Waals surface area (Å²) in [6.45, 7) is 2.31. The maximum absolute atomic E-state index is 13.9. The van der Waals surface area contributed by atoms with Crippen LogP contribution in [0.3, 0.4) is 0 Å². The Morgan fingerprint density at radius 2 is 1.93 bits per heavy atom. The Morgan fingerprint density at radius 1 is 1.26 bits per heavy atom. The van der Waals surface area contributed by atoms with Crippen LogP contribution in [0.1, 0.15) is 23.0 Å². The number of halogens is 4. The van der Waals surface area contributed by atoms with Crippen LogP contribution in [0.4, 0.5) is 23.4 Å². The summed E-state index contributed by atoms with van der Waals surface area (Å²) < 4.78 is 64.6. The minimum Gasteiger partial charge on any atom is -0.463 e. The third kappa shape index (κ3) is 4.18. The van der Waals surface area contributed by atoms with Gasteiger partial charge in [0.15, 0.2) is 5.82 Å². The summed E-state index contributed by atoms with van der Waals surface area (Å²) >= 11 is 0. The van der Waals surface area contributed by atoms with E-state index in [0.29, 0.717) is 0 Å². The average Bonchev–Trinajstić information content (AvgIpc) is 2.98. The van der Waals surface area contributed by atoms with Gasteiger partial charge in [-0.2, -0.15) is 13.2 Å². The molecule has 27 heavy (non-hydrogen) atoms. The first-order valence-electron chi connectivity index (χ1n) is 7.63. The molecule has 2 rings (SSSR count). The topological polar surface area (TPSA) is 93.5 Å². The molecule has 11 heteroatoms. The van der Waals surface area contributed by atoms with E-state index in [1.165, 1.54) is 31.3 Å². The van der Waals surface area contributed by atoms with Crippen molar-refractivity contribution >= 4 is 17.7 Å². The molecular weight excluding hydrogens is 374 g/mol. The second kappa shape index (κ2) is 7.64. The molecule has 1 aromatic carbocycles. The van der Waals surface area contributed by atoms with Gasteiger partial charge < -0.3 is 19.9 Å². The zero-order chi connectivity index (χ0) is 20.2. The quantitative estimate of drug-likeness (QED) is 0.448. The summed E-state index contributed by atoms with van der Waals surface area (Å²) in [5, 5.41) is 6.63. The molecule has 0 saturated heterocycles. The summed E-state index contributed by atoms with van der Waals surface area (Å²) in [6.07, 6.45) is -5.37. The number of anilines is 1. The number of amides is 1. The van der Waals surface area contributed by atoms with Gasteiger partial charge in [-0.25, -0.2) is 9.18 Å². The predicted molar refractivity (Wildman–Crippen MR) is 84.1 cm³/mol.